The van der Waals surface area contributed by atoms with E-state index in [0.29, 0.717) is 11.6 Å². The molecule has 0 N–H and O–H groups in total. The molecule has 0 atom stereocenters. The summed E-state index contributed by atoms with van der Waals surface area (Å²) in [5.74, 6) is 1.62. The Balaban J connectivity index is 1.25. The molecule has 2 aliphatic rings. The number of thiophene rings is 1. The molecule has 3 aromatic heterocycles. The van der Waals surface area contributed by atoms with Crippen molar-refractivity contribution in [2.75, 3.05) is 31.6 Å². The Hall–Kier alpha value is -2.48. The molecular formula is C21H26N6OS. The van der Waals surface area contributed by atoms with E-state index in [4.69, 9.17) is 0 Å². The molecule has 1 saturated heterocycles. The van der Waals surface area contributed by atoms with Crippen LogP contribution >= 0.6 is 11.3 Å². The van der Waals surface area contributed by atoms with Gasteiger partial charge in [0.25, 0.3) is 5.91 Å². The predicted molar refractivity (Wildman–Crippen MR) is 115 cm³/mol. The molecule has 8 heteroatoms. The maximum absolute atomic E-state index is 12.6. The van der Waals surface area contributed by atoms with E-state index in [2.05, 4.69) is 19.9 Å². The molecule has 29 heavy (non-hydrogen) atoms. The maximum Gasteiger partial charge on any atom is 0.273 e. The van der Waals surface area contributed by atoms with Crippen LogP contribution in [0.4, 0.5) is 5.82 Å². The van der Waals surface area contributed by atoms with Crippen molar-refractivity contribution >= 4 is 33.3 Å². The Morgan fingerprint density at radius 1 is 1.24 bits per heavy atom. The van der Waals surface area contributed by atoms with Crippen LogP contribution in [0.25, 0.3) is 10.2 Å². The first-order valence-electron chi connectivity index (χ1n) is 10.3. The molecule has 1 amide bonds. The smallest absolute Gasteiger partial charge is 0.273 e. The lowest BCUT2D eigenvalue weighted by Gasteiger charge is -2.34. The summed E-state index contributed by atoms with van der Waals surface area (Å²) in [4.78, 5) is 32.9. The second kappa shape index (κ2) is 7.40. The number of carbonyl (C=O) groups is 1. The summed E-state index contributed by atoms with van der Waals surface area (Å²) in [6.07, 6.45) is 10.9. The van der Waals surface area contributed by atoms with Crippen molar-refractivity contribution in [3.05, 3.63) is 35.0 Å². The summed E-state index contributed by atoms with van der Waals surface area (Å²) in [6, 6.07) is 0. The Kier molecular flexibility index (Phi) is 4.73. The highest BCUT2D eigenvalue weighted by atomic mass is 32.1. The van der Waals surface area contributed by atoms with Gasteiger partial charge in [0.2, 0.25) is 0 Å². The molecule has 3 aromatic rings. The van der Waals surface area contributed by atoms with Gasteiger partial charge in [-0.3, -0.25) is 4.79 Å². The van der Waals surface area contributed by atoms with E-state index < -0.39 is 0 Å². The highest BCUT2D eigenvalue weighted by molar-refractivity contribution is 7.19. The minimum atomic E-state index is -0.000579. The van der Waals surface area contributed by atoms with Crippen molar-refractivity contribution in [1.29, 1.82) is 0 Å². The largest absolute Gasteiger partial charge is 0.356 e. The molecule has 5 rings (SSSR count). The van der Waals surface area contributed by atoms with E-state index in [9.17, 15) is 4.79 Å². The van der Waals surface area contributed by atoms with Crippen LogP contribution in [0.15, 0.2) is 18.9 Å². The molecule has 0 radical (unpaired) electrons. The van der Waals surface area contributed by atoms with Gasteiger partial charge in [0.1, 0.15) is 22.7 Å². The maximum atomic E-state index is 12.6. The normalized spacial score (nSPS) is 17.1. The fraction of sp³-hybridized carbons (Fsp3) is 0.524. The number of nitrogens with zero attached hydrogens (tertiary/aromatic N) is 6. The zero-order chi connectivity index (χ0) is 20.0. The van der Waals surface area contributed by atoms with Crippen LogP contribution in [0, 0.1) is 5.92 Å². The predicted octanol–water partition coefficient (Wildman–Crippen LogP) is 2.90. The van der Waals surface area contributed by atoms with E-state index in [1.165, 1.54) is 28.7 Å². The fourth-order valence-corrected chi connectivity index (χ4v) is 5.89. The molecule has 1 fully saturated rings. The van der Waals surface area contributed by atoms with Crippen LogP contribution < -0.4 is 4.90 Å². The number of imidazole rings is 1. The fourth-order valence-electron chi connectivity index (χ4n) is 4.67. The third-order valence-electron chi connectivity index (χ3n) is 6.20. The molecule has 0 unspecified atom stereocenters. The second-order valence-electron chi connectivity index (χ2n) is 8.28. The van der Waals surface area contributed by atoms with Gasteiger partial charge in [-0.15, -0.1) is 11.3 Å². The summed E-state index contributed by atoms with van der Waals surface area (Å²) in [6.45, 7) is 2.73. The minimum Gasteiger partial charge on any atom is -0.356 e. The van der Waals surface area contributed by atoms with Crippen molar-refractivity contribution in [3.63, 3.8) is 0 Å². The number of amides is 1. The van der Waals surface area contributed by atoms with E-state index in [1.807, 2.05) is 34.9 Å². The number of aromatic nitrogens is 4. The molecule has 7 nitrogen and oxygen atoms in total. The van der Waals surface area contributed by atoms with Gasteiger partial charge in [-0.25, -0.2) is 15.0 Å². The lowest BCUT2D eigenvalue weighted by Crippen LogP contribution is -2.40. The van der Waals surface area contributed by atoms with Gasteiger partial charge in [0.15, 0.2) is 0 Å². The Morgan fingerprint density at radius 3 is 2.83 bits per heavy atom. The van der Waals surface area contributed by atoms with Crippen LogP contribution in [-0.4, -0.2) is 57.0 Å². The van der Waals surface area contributed by atoms with Crippen molar-refractivity contribution in [1.82, 2.24) is 24.4 Å². The summed E-state index contributed by atoms with van der Waals surface area (Å²) < 4.78 is 1.81. The molecular weight excluding hydrogens is 384 g/mol. The third kappa shape index (κ3) is 3.39. The first-order chi connectivity index (χ1) is 14.1. The summed E-state index contributed by atoms with van der Waals surface area (Å²) >= 11 is 1.85. The summed E-state index contributed by atoms with van der Waals surface area (Å²) in [5, 5.41) is 1.30. The summed E-state index contributed by atoms with van der Waals surface area (Å²) in [7, 11) is 3.76. The molecule has 0 spiro atoms. The molecule has 0 aromatic carbocycles. The molecule has 4 heterocycles. The van der Waals surface area contributed by atoms with E-state index in [1.54, 1.807) is 18.9 Å². The number of hydrogen-bond donors (Lipinski definition) is 0. The van der Waals surface area contributed by atoms with Crippen molar-refractivity contribution in [3.8, 4) is 0 Å². The summed E-state index contributed by atoms with van der Waals surface area (Å²) in [5.41, 5.74) is 2.01. The first-order valence-corrected chi connectivity index (χ1v) is 11.2. The van der Waals surface area contributed by atoms with Crippen molar-refractivity contribution < 1.29 is 4.79 Å². The standard InChI is InChI=1S/C21H26N6OS/c1-25-11-16(24-13-25)21(28)26(2)10-14-6-8-27(9-7-14)19-18-15-4-3-5-17(15)29-20(18)23-12-22-19/h11-14H,3-10H2,1-2H3. The first kappa shape index (κ1) is 18.5. The van der Waals surface area contributed by atoms with Gasteiger partial charge in [-0.1, -0.05) is 0 Å². The average molecular weight is 411 g/mol. The van der Waals surface area contributed by atoms with Crippen LogP contribution in [-0.2, 0) is 19.9 Å². The molecule has 0 bridgehead atoms. The topological polar surface area (TPSA) is 67.2 Å². The van der Waals surface area contributed by atoms with E-state index in [0.717, 1.165) is 49.5 Å². The van der Waals surface area contributed by atoms with E-state index in [-0.39, 0.29) is 5.91 Å². The van der Waals surface area contributed by atoms with Crippen molar-refractivity contribution in [2.24, 2.45) is 13.0 Å². The number of piperidine rings is 1. The molecule has 1 aliphatic carbocycles. The number of hydrogen-bond acceptors (Lipinski definition) is 6. The zero-order valence-electron chi connectivity index (χ0n) is 17.0. The van der Waals surface area contributed by atoms with Crippen molar-refractivity contribution in [2.45, 2.75) is 32.1 Å². The molecule has 1 aliphatic heterocycles. The Bertz CT molecular complexity index is 1050. The SMILES string of the molecule is CN(CC1CCN(c2ncnc3sc4c(c23)CCC4)CC1)C(=O)c1cn(C)cn1. The van der Waals surface area contributed by atoms with Crippen LogP contribution in [0.3, 0.4) is 0 Å². The number of fused-ring (bicyclic) bond motifs is 3. The minimum absolute atomic E-state index is 0.000579. The quantitative estimate of drug-likeness (QED) is 0.662. The number of anilines is 1. The Morgan fingerprint density at radius 2 is 2.07 bits per heavy atom. The van der Waals surface area contributed by atoms with Crippen LogP contribution in [0.1, 0.15) is 40.2 Å². The molecule has 0 saturated carbocycles. The average Bonchev–Trinajstić information content (AvgIpc) is 3.43. The lowest BCUT2D eigenvalue weighted by molar-refractivity contribution is 0.0759. The van der Waals surface area contributed by atoms with Crippen LogP contribution in [0.5, 0.6) is 0 Å². The van der Waals surface area contributed by atoms with E-state index >= 15 is 0 Å². The van der Waals surface area contributed by atoms with Gasteiger partial charge < -0.3 is 14.4 Å². The Labute approximate surface area is 174 Å². The van der Waals surface area contributed by atoms with Gasteiger partial charge >= 0.3 is 0 Å². The van der Waals surface area contributed by atoms with Gasteiger partial charge in [-0.05, 0) is 43.6 Å². The monoisotopic (exact) mass is 410 g/mol. The van der Waals surface area contributed by atoms with Gasteiger partial charge in [0.05, 0.1) is 11.7 Å². The number of carbonyl (C=O) groups excluding carboxylic acids is 1. The van der Waals surface area contributed by atoms with Gasteiger partial charge in [-0.2, -0.15) is 0 Å². The lowest BCUT2D eigenvalue weighted by atomic mass is 9.96. The second-order valence-corrected chi connectivity index (χ2v) is 9.36. The zero-order valence-corrected chi connectivity index (χ0v) is 17.8. The highest BCUT2D eigenvalue weighted by Gasteiger charge is 2.27. The number of rotatable bonds is 4. The van der Waals surface area contributed by atoms with Gasteiger partial charge in [0, 0.05) is 44.8 Å². The van der Waals surface area contributed by atoms with Crippen LogP contribution in [0.2, 0.25) is 0 Å². The highest BCUT2D eigenvalue weighted by Crippen LogP contribution is 2.40. The molecule has 152 valence electrons. The number of aryl methyl sites for hydroxylation is 3. The third-order valence-corrected chi connectivity index (χ3v) is 7.40.